The van der Waals surface area contributed by atoms with E-state index < -0.39 is 0 Å². The summed E-state index contributed by atoms with van der Waals surface area (Å²) in [6.45, 7) is 5.70. The number of aryl methyl sites for hydroxylation is 1. The topological polar surface area (TPSA) is 75.9 Å². The van der Waals surface area contributed by atoms with Gasteiger partial charge in [-0.1, -0.05) is 30.3 Å². The number of aromatic nitrogens is 2. The van der Waals surface area contributed by atoms with Gasteiger partial charge in [-0.05, 0) is 18.9 Å². The standard InChI is InChI=1S/C21H24N4O3S/c1-15-13-25-20(27)18(12-22-21(25)29-15)19(26)23-17(11-16-5-3-2-4-6-16)14-24-7-9-28-10-8-24/h2-6,12-13,17H,7-11,14H2,1H3,(H,23,26)/t17-/m0/s1. The van der Waals surface area contributed by atoms with E-state index >= 15 is 0 Å². The second-order valence-corrected chi connectivity index (χ2v) is 8.46. The molecule has 7 nitrogen and oxygen atoms in total. The van der Waals surface area contributed by atoms with Crippen LogP contribution >= 0.6 is 11.3 Å². The van der Waals surface area contributed by atoms with Crippen molar-refractivity contribution in [3.05, 3.63) is 69.1 Å². The number of rotatable bonds is 6. The van der Waals surface area contributed by atoms with Gasteiger partial charge in [-0.25, -0.2) is 4.98 Å². The van der Waals surface area contributed by atoms with Crippen LogP contribution in [0.4, 0.5) is 0 Å². The molecular weight excluding hydrogens is 388 g/mol. The van der Waals surface area contributed by atoms with E-state index in [0.717, 1.165) is 23.5 Å². The molecule has 1 atom stereocenters. The Labute approximate surface area is 173 Å². The van der Waals surface area contributed by atoms with Gasteiger partial charge in [0.05, 0.1) is 13.2 Å². The third-order valence-electron chi connectivity index (χ3n) is 5.01. The highest BCUT2D eigenvalue weighted by Gasteiger charge is 2.22. The molecule has 0 unspecified atom stereocenters. The zero-order valence-electron chi connectivity index (χ0n) is 16.3. The maximum Gasteiger partial charge on any atom is 0.271 e. The fourth-order valence-electron chi connectivity index (χ4n) is 3.57. The van der Waals surface area contributed by atoms with E-state index in [4.69, 9.17) is 4.74 Å². The molecule has 1 fully saturated rings. The lowest BCUT2D eigenvalue weighted by Gasteiger charge is -2.31. The van der Waals surface area contributed by atoms with Gasteiger partial charge in [-0.2, -0.15) is 0 Å². The maximum absolute atomic E-state index is 13.0. The van der Waals surface area contributed by atoms with Crippen LogP contribution < -0.4 is 10.9 Å². The van der Waals surface area contributed by atoms with E-state index in [1.165, 1.54) is 21.9 Å². The monoisotopic (exact) mass is 412 g/mol. The minimum atomic E-state index is -0.380. The molecule has 0 radical (unpaired) electrons. The average Bonchev–Trinajstić information content (AvgIpc) is 3.11. The molecule has 0 bridgehead atoms. The third-order valence-corrected chi connectivity index (χ3v) is 5.92. The van der Waals surface area contributed by atoms with E-state index in [0.29, 0.717) is 31.1 Å². The molecule has 3 heterocycles. The summed E-state index contributed by atoms with van der Waals surface area (Å²) < 4.78 is 6.88. The van der Waals surface area contributed by atoms with Gasteiger partial charge >= 0.3 is 0 Å². The van der Waals surface area contributed by atoms with Crippen molar-refractivity contribution in [2.24, 2.45) is 0 Å². The Bertz CT molecular complexity index is 1040. The highest BCUT2D eigenvalue weighted by molar-refractivity contribution is 7.16. The van der Waals surface area contributed by atoms with Gasteiger partial charge in [0.1, 0.15) is 5.56 Å². The molecule has 2 aromatic heterocycles. The maximum atomic E-state index is 13.0. The number of morpholine rings is 1. The zero-order valence-corrected chi connectivity index (χ0v) is 17.2. The van der Waals surface area contributed by atoms with Crippen LogP contribution in [0.2, 0.25) is 0 Å². The predicted molar refractivity (Wildman–Crippen MR) is 113 cm³/mol. The smallest absolute Gasteiger partial charge is 0.271 e. The number of thiazole rings is 1. The van der Waals surface area contributed by atoms with Crippen molar-refractivity contribution < 1.29 is 9.53 Å². The first-order valence-electron chi connectivity index (χ1n) is 9.73. The number of nitrogens with one attached hydrogen (secondary N) is 1. The number of fused-ring (bicyclic) bond motifs is 1. The van der Waals surface area contributed by atoms with Crippen molar-refractivity contribution in [2.75, 3.05) is 32.8 Å². The van der Waals surface area contributed by atoms with E-state index in [9.17, 15) is 9.59 Å². The largest absolute Gasteiger partial charge is 0.379 e. The van der Waals surface area contributed by atoms with E-state index in [1.54, 1.807) is 6.20 Å². The van der Waals surface area contributed by atoms with Crippen molar-refractivity contribution >= 4 is 22.2 Å². The van der Waals surface area contributed by atoms with Crippen LogP contribution in [0, 0.1) is 6.92 Å². The Morgan fingerprint density at radius 3 is 2.79 bits per heavy atom. The summed E-state index contributed by atoms with van der Waals surface area (Å²) in [5.74, 6) is -0.380. The van der Waals surface area contributed by atoms with Gasteiger partial charge in [0.15, 0.2) is 4.96 Å². The van der Waals surface area contributed by atoms with Gasteiger partial charge in [-0.15, -0.1) is 11.3 Å². The predicted octanol–water partition coefficient (Wildman–Crippen LogP) is 1.74. The lowest BCUT2D eigenvalue weighted by molar-refractivity contribution is 0.0333. The molecule has 0 saturated carbocycles. The van der Waals surface area contributed by atoms with E-state index in [2.05, 4.69) is 27.3 Å². The van der Waals surface area contributed by atoms with Gasteiger partial charge in [-0.3, -0.25) is 18.9 Å². The van der Waals surface area contributed by atoms with Gasteiger partial charge in [0, 0.05) is 42.9 Å². The van der Waals surface area contributed by atoms with Crippen molar-refractivity contribution in [3.63, 3.8) is 0 Å². The fraction of sp³-hybridized carbons (Fsp3) is 0.381. The van der Waals surface area contributed by atoms with Crippen molar-refractivity contribution in [2.45, 2.75) is 19.4 Å². The van der Waals surface area contributed by atoms with Crippen LogP contribution in [-0.2, 0) is 11.2 Å². The van der Waals surface area contributed by atoms with Crippen molar-refractivity contribution in [3.8, 4) is 0 Å². The van der Waals surface area contributed by atoms with Crippen LogP contribution in [-0.4, -0.2) is 59.1 Å². The molecule has 1 N–H and O–H groups in total. The summed E-state index contributed by atoms with van der Waals surface area (Å²) in [5, 5.41) is 3.07. The van der Waals surface area contributed by atoms with Crippen molar-refractivity contribution in [1.82, 2.24) is 19.6 Å². The van der Waals surface area contributed by atoms with E-state index in [-0.39, 0.29) is 23.1 Å². The minimum absolute atomic E-state index is 0.0698. The second-order valence-electron chi connectivity index (χ2n) is 7.24. The van der Waals surface area contributed by atoms with Crippen LogP contribution in [0.15, 0.2) is 47.5 Å². The number of ether oxygens (including phenoxy) is 1. The molecule has 3 aromatic rings. The average molecular weight is 413 g/mol. The van der Waals surface area contributed by atoms with Gasteiger partial charge in [0.25, 0.3) is 11.5 Å². The molecule has 0 spiro atoms. The quantitative estimate of drug-likeness (QED) is 0.667. The van der Waals surface area contributed by atoms with E-state index in [1.807, 2.05) is 25.1 Å². The molecular formula is C21H24N4O3S. The van der Waals surface area contributed by atoms with Crippen LogP contribution in [0.25, 0.3) is 4.96 Å². The number of carbonyl (C=O) groups excluding carboxylic acids is 1. The normalized spacial score (nSPS) is 16.0. The molecule has 1 amide bonds. The SMILES string of the molecule is Cc1cn2c(=O)c(C(=O)N[C@@H](Cc3ccccc3)CN3CCOCC3)cnc2s1. The summed E-state index contributed by atoms with van der Waals surface area (Å²) in [6, 6.07) is 9.94. The molecule has 1 saturated heterocycles. The molecule has 152 valence electrons. The Kier molecular flexibility index (Phi) is 6.03. The first-order chi connectivity index (χ1) is 14.1. The van der Waals surface area contributed by atoms with Gasteiger partial charge in [0.2, 0.25) is 0 Å². The summed E-state index contributed by atoms with van der Waals surface area (Å²) in [6.07, 6.45) is 3.80. The molecule has 8 heteroatoms. The number of carbonyl (C=O) groups is 1. The second kappa shape index (κ2) is 8.86. The number of benzene rings is 1. The number of hydrogen-bond donors (Lipinski definition) is 1. The molecule has 0 aliphatic carbocycles. The lowest BCUT2D eigenvalue weighted by Crippen LogP contribution is -2.49. The minimum Gasteiger partial charge on any atom is -0.379 e. The summed E-state index contributed by atoms with van der Waals surface area (Å²) >= 11 is 1.43. The molecule has 1 aliphatic heterocycles. The van der Waals surface area contributed by atoms with Gasteiger partial charge < -0.3 is 10.1 Å². The Morgan fingerprint density at radius 2 is 2.03 bits per heavy atom. The van der Waals surface area contributed by atoms with Crippen molar-refractivity contribution in [1.29, 1.82) is 0 Å². The first-order valence-corrected chi connectivity index (χ1v) is 10.5. The summed E-state index contributed by atoms with van der Waals surface area (Å²) in [5.41, 5.74) is 0.881. The Morgan fingerprint density at radius 1 is 1.28 bits per heavy atom. The molecule has 29 heavy (non-hydrogen) atoms. The highest BCUT2D eigenvalue weighted by Crippen LogP contribution is 2.13. The fourth-order valence-corrected chi connectivity index (χ4v) is 4.35. The molecule has 1 aromatic carbocycles. The highest BCUT2D eigenvalue weighted by atomic mass is 32.1. The number of amides is 1. The number of hydrogen-bond acceptors (Lipinski definition) is 6. The Balaban J connectivity index is 1.54. The lowest BCUT2D eigenvalue weighted by atomic mass is 10.0. The summed E-state index contributed by atoms with van der Waals surface area (Å²) in [4.78, 5) is 33.8. The number of nitrogens with zero attached hydrogens (tertiary/aromatic N) is 3. The zero-order chi connectivity index (χ0) is 20.2. The van der Waals surface area contributed by atoms with Crippen LogP contribution in [0.5, 0.6) is 0 Å². The molecule has 1 aliphatic rings. The first kappa shape index (κ1) is 19.8. The Hall–Kier alpha value is -2.55. The van der Waals surface area contributed by atoms with Crippen LogP contribution in [0.1, 0.15) is 20.8 Å². The third kappa shape index (κ3) is 4.72. The summed E-state index contributed by atoms with van der Waals surface area (Å²) in [7, 11) is 0. The van der Waals surface area contributed by atoms with Crippen LogP contribution in [0.3, 0.4) is 0 Å². The molecule has 4 rings (SSSR count).